The van der Waals surface area contributed by atoms with E-state index in [-0.39, 0.29) is 11.5 Å². The minimum atomic E-state index is 0.153. The normalized spacial score (nSPS) is 30.1. The van der Waals surface area contributed by atoms with Crippen LogP contribution in [0.3, 0.4) is 0 Å². The van der Waals surface area contributed by atoms with Crippen molar-refractivity contribution in [2.24, 2.45) is 12.5 Å². The molecular weight excluding hydrogens is 274 g/mol. The summed E-state index contributed by atoms with van der Waals surface area (Å²) in [5.74, 6) is 0. The van der Waals surface area contributed by atoms with Gasteiger partial charge in [-0.15, -0.1) is 0 Å². The maximum absolute atomic E-state index is 6.42. The minimum absolute atomic E-state index is 0.153. The molecule has 0 aromatic carbocycles. The molecule has 112 valence electrons. The summed E-state index contributed by atoms with van der Waals surface area (Å²) in [5.41, 5.74) is 2.38. The van der Waals surface area contributed by atoms with Crippen molar-refractivity contribution in [1.82, 2.24) is 15.1 Å². The molecule has 2 fully saturated rings. The van der Waals surface area contributed by atoms with Gasteiger partial charge in [0.2, 0.25) is 0 Å². The molecule has 1 aromatic rings. The summed E-state index contributed by atoms with van der Waals surface area (Å²) in [7, 11) is 1.91. The Morgan fingerprint density at radius 3 is 2.75 bits per heavy atom. The fourth-order valence-electron chi connectivity index (χ4n) is 3.21. The maximum atomic E-state index is 6.42. The van der Waals surface area contributed by atoms with Crippen LogP contribution < -0.4 is 5.32 Å². The van der Waals surface area contributed by atoms with Crippen LogP contribution in [0.25, 0.3) is 0 Å². The molecule has 1 aromatic heterocycles. The fraction of sp³-hybridized carbons (Fsp3) is 0.800. The van der Waals surface area contributed by atoms with Crippen molar-refractivity contribution in [3.63, 3.8) is 0 Å². The first kappa shape index (κ1) is 14.4. The lowest BCUT2D eigenvalue weighted by Gasteiger charge is -2.33. The SMILES string of the molecule is Cc1nn(C)c(Cl)c1CC1(CNC2CC2)CCOC1C. The van der Waals surface area contributed by atoms with Gasteiger partial charge in [-0.1, -0.05) is 11.6 Å². The van der Waals surface area contributed by atoms with Gasteiger partial charge in [0.25, 0.3) is 0 Å². The first-order chi connectivity index (χ1) is 9.52. The molecule has 1 saturated carbocycles. The molecule has 0 amide bonds. The van der Waals surface area contributed by atoms with Crippen LogP contribution in [0.2, 0.25) is 5.15 Å². The lowest BCUT2D eigenvalue weighted by molar-refractivity contribution is 0.0628. The summed E-state index contributed by atoms with van der Waals surface area (Å²) in [4.78, 5) is 0. The third-order valence-corrected chi connectivity index (χ3v) is 5.42. The highest BCUT2D eigenvalue weighted by Crippen LogP contribution is 2.40. The molecule has 2 unspecified atom stereocenters. The second kappa shape index (κ2) is 5.32. The van der Waals surface area contributed by atoms with E-state index in [0.717, 1.165) is 42.9 Å². The molecule has 0 spiro atoms. The van der Waals surface area contributed by atoms with Crippen molar-refractivity contribution >= 4 is 11.6 Å². The summed E-state index contributed by atoms with van der Waals surface area (Å²) in [6.07, 6.45) is 4.95. The third-order valence-electron chi connectivity index (χ3n) is 4.95. The van der Waals surface area contributed by atoms with E-state index < -0.39 is 0 Å². The Kier molecular flexibility index (Phi) is 3.82. The summed E-state index contributed by atoms with van der Waals surface area (Å²) < 4.78 is 7.64. The molecule has 2 aliphatic rings. The van der Waals surface area contributed by atoms with Gasteiger partial charge in [0.1, 0.15) is 5.15 Å². The van der Waals surface area contributed by atoms with E-state index >= 15 is 0 Å². The van der Waals surface area contributed by atoms with Gasteiger partial charge < -0.3 is 10.1 Å². The quantitative estimate of drug-likeness (QED) is 0.907. The topological polar surface area (TPSA) is 39.1 Å². The molecule has 1 saturated heterocycles. The van der Waals surface area contributed by atoms with Gasteiger partial charge in [0, 0.05) is 37.2 Å². The summed E-state index contributed by atoms with van der Waals surface area (Å²) in [5, 5.41) is 8.90. The van der Waals surface area contributed by atoms with Crippen LogP contribution in [0, 0.1) is 12.3 Å². The Morgan fingerprint density at radius 2 is 2.25 bits per heavy atom. The molecule has 0 radical (unpaired) electrons. The Hall–Kier alpha value is -0.580. The highest BCUT2D eigenvalue weighted by atomic mass is 35.5. The van der Waals surface area contributed by atoms with Crippen LogP contribution >= 0.6 is 11.6 Å². The molecule has 1 N–H and O–H groups in total. The van der Waals surface area contributed by atoms with Gasteiger partial charge in [-0.05, 0) is 39.5 Å². The van der Waals surface area contributed by atoms with E-state index in [0.29, 0.717) is 0 Å². The number of halogens is 1. The number of nitrogens with one attached hydrogen (secondary N) is 1. The number of ether oxygens (including phenoxy) is 1. The smallest absolute Gasteiger partial charge is 0.130 e. The number of hydrogen-bond donors (Lipinski definition) is 1. The average molecular weight is 298 g/mol. The summed E-state index contributed by atoms with van der Waals surface area (Å²) >= 11 is 6.42. The van der Waals surface area contributed by atoms with Gasteiger partial charge in [-0.25, -0.2) is 0 Å². The van der Waals surface area contributed by atoms with Gasteiger partial charge in [0.05, 0.1) is 11.8 Å². The van der Waals surface area contributed by atoms with Crippen LogP contribution in [-0.4, -0.2) is 35.1 Å². The van der Waals surface area contributed by atoms with Gasteiger partial charge in [-0.3, -0.25) is 4.68 Å². The van der Waals surface area contributed by atoms with Crippen molar-refractivity contribution in [2.75, 3.05) is 13.2 Å². The van der Waals surface area contributed by atoms with Crippen molar-refractivity contribution in [3.8, 4) is 0 Å². The number of aromatic nitrogens is 2. The van der Waals surface area contributed by atoms with Gasteiger partial charge in [0.15, 0.2) is 0 Å². The highest BCUT2D eigenvalue weighted by molar-refractivity contribution is 6.30. The van der Waals surface area contributed by atoms with Gasteiger partial charge >= 0.3 is 0 Å². The van der Waals surface area contributed by atoms with E-state index in [9.17, 15) is 0 Å². The Bertz CT molecular complexity index is 498. The standard InChI is InChI=1S/C15H24ClN3O/c1-10-13(14(16)19(3)18-10)8-15(6-7-20-11(15)2)9-17-12-4-5-12/h11-12,17H,4-9H2,1-3H3. The molecule has 20 heavy (non-hydrogen) atoms. The number of hydrogen-bond acceptors (Lipinski definition) is 3. The zero-order chi connectivity index (χ0) is 14.3. The predicted molar refractivity (Wildman–Crippen MR) is 80.1 cm³/mol. The van der Waals surface area contributed by atoms with Crippen molar-refractivity contribution in [3.05, 3.63) is 16.4 Å². The number of rotatable bonds is 5. The fourth-order valence-corrected chi connectivity index (χ4v) is 3.45. The Balaban J connectivity index is 1.81. The summed E-state index contributed by atoms with van der Waals surface area (Å²) in [6, 6.07) is 0.727. The first-order valence-corrected chi connectivity index (χ1v) is 7.92. The molecular formula is C15H24ClN3O. The molecule has 1 aliphatic heterocycles. The maximum Gasteiger partial charge on any atom is 0.130 e. The van der Waals surface area contributed by atoms with E-state index in [1.807, 2.05) is 14.0 Å². The van der Waals surface area contributed by atoms with E-state index in [4.69, 9.17) is 16.3 Å². The zero-order valence-electron chi connectivity index (χ0n) is 12.6. The monoisotopic (exact) mass is 297 g/mol. The van der Waals surface area contributed by atoms with E-state index in [1.54, 1.807) is 4.68 Å². The third kappa shape index (κ3) is 2.61. The molecule has 0 bridgehead atoms. The lowest BCUT2D eigenvalue weighted by Crippen LogP contribution is -2.42. The predicted octanol–water partition coefficient (Wildman–Crippen LogP) is 2.47. The first-order valence-electron chi connectivity index (χ1n) is 7.55. The molecule has 5 heteroatoms. The number of nitrogens with zero attached hydrogens (tertiary/aromatic N) is 2. The Labute approximate surface area is 125 Å². The van der Waals surface area contributed by atoms with Crippen LogP contribution in [-0.2, 0) is 18.2 Å². The van der Waals surface area contributed by atoms with Crippen molar-refractivity contribution < 1.29 is 4.74 Å². The van der Waals surface area contributed by atoms with Crippen molar-refractivity contribution in [1.29, 1.82) is 0 Å². The van der Waals surface area contributed by atoms with Crippen LogP contribution in [0.1, 0.15) is 37.4 Å². The van der Waals surface area contributed by atoms with E-state index in [1.165, 1.54) is 18.4 Å². The van der Waals surface area contributed by atoms with Gasteiger partial charge in [-0.2, -0.15) is 5.10 Å². The summed E-state index contributed by atoms with van der Waals surface area (Å²) in [6.45, 7) is 6.11. The van der Waals surface area contributed by atoms with Crippen molar-refractivity contribution in [2.45, 2.75) is 51.7 Å². The molecule has 4 nitrogen and oxygen atoms in total. The second-order valence-corrected chi connectivity index (χ2v) is 6.79. The van der Waals surface area contributed by atoms with Crippen LogP contribution in [0.4, 0.5) is 0 Å². The lowest BCUT2D eigenvalue weighted by atomic mass is 9.76. The largest absolute Gasteiger partial charge is 0.378 e. The van der Waals surface area contributed by atoms with E-state index in [2.05, 4.69) is 17.3 Å². The highest BCUT2D eigenvalue weighted by Gasteiger charge is 2.43. The molecule has 1 aliphatic carbocycles. The molecule has 2 heterocycles. The van der Waals surface area contributed by atoms with Crippen LogP contribution in [0.5, 0.6) is 0 Å². The van der Waals surface area contributed by atoms with Crippen LogP contribution in [0.15, 0.2) is 0 Å². The molecule has 3 rings (SSSR count). The Morgan fingerprint density at radius 1 is 1.50 bits per heavy atom. The average Bonchev–Trinajstić information content (AvgIpc) is 3.13. The minimum Gasteiger partial charge on any atom is -0.378 e. The molecule has 2 atom stereocenters. The number of aryl methyl sites for hydroxylation is 2. The second-order valence-electron chi connectivity index (χ2n) is 6.44. The zero-order valence-corrected chi connectivity index (χ0v) is 13.3.